The van der Waals surface area contributed by atoms with Crippen molar-refractivity contribution in [3.05, 3.63) is 59.7 Å². The van der Waals surface area contributed by atoms with Gasteiger partial charge in [-0.3, -0.25) is 4.79 Å². The second-order valence-electron chi connectivity index (χ2n) is 6.85. The molecule has 128 valence electrons. The van der Waals surface area contributed by atoms with E-state index in [0.717, 1.165) is 35.4 Å². The van der Waals surface area contributed by atoms with Crippen molar-refractivity contribution in [3.63, 3.8) is 0 Å². The number of fused-ring (bicyclic) bond motifs is 1. The van der Waals surface area contributed by atoms with Gasteiger partial charge in [0.05, 0.1) is 17.0 Å². The van der Waals surface area contributed by atoms with Crippen molar-refractivity contribution in [1.82, 2.24) is 5.32 Å². The van der Waals surface area contributed by atoms with Gasteiger partial charge in [0, 0.05) is 17.3 Å². The predicted molar refractivity (Wildman–Crippen MR) is 103 cm³/mol. The molecule has 4 nitrogen and oxygen atoms in total. The number of nitrogens with two attached hydrogens (primary N) is 1. The number of hydrogen-bond donors (Lipinski definition) is 3. The minimum Gasteiger partial charge on any atom is -0.399 e. The SMILES string of the molecule is Nc1ccc2c(c1)NC(=O)/C2=C(\NC1CCCCC1)c1ccccc1. The third-order valence-electron chi connectivity index (χ3n) is 5.05. The van der Waals surface area contributed by atoms with Crippen molar-refractivity contribution in [3.8, 4) is 0 Å². The lowest BCUT2D eigenvalue weighted by Gasteiger charge is -2.26. The molecule has 2 aromatic carbocycles. The van der Waals surface area contributed by atoms with E-state index >= 15 is 0 Å². The summed E-state index contributed by atoms with van der Waals surface area (Å²) in [6.07, 6.45) is 6.10. The van der Waals surface area contributed by atoms with Gasteiger partial charge in [-0.25, -0.2) is 0 Å². The summed E-state index contributed by atoms with van der Waals surface area (Å²) in [6, 6.07) is 16.2. The average Bonchev–Trinajstić information content (AvgIpc) is 2.96. The lowest BCUT2D eigenvalue weighted by molar-refractivity contribution is -0.110. The summed E-state index contributed by atoms with van der Waals surface area (Å²) in [5.74, 6) is -0.0669. The van der Waals surface area contributed by atoms with Crippen LogP contribution in [0.1, 0.15) is 43.2 Å². The Hall–Kier alpha value is -2.75. The first-order valence-corrected chi connectivity index (χ1v) is 9.00. The van der Waals surface area contributed by atoms with E-state index in [-0.39, 0.29) is 5.91 Å². The zero-order valence-corrected chi connectivity index (χ0v) is 14.2. The van der Waals surface area contributed by atoms with Gasteiger partial charge >= 0.3 is 0 Å². The van der Waals surface area contributed by atoms with Crippen LogP contribution >= 0.6 is 0 Å². The van der Waals surface area contributed by atoms with E-state index in [0.29, 0.717) is 17.3 Å². The van der Waals surface area contributed by atoms with Gasteiger partial charge in [-0.05, 0) is 36.6 Å². The van der Waals surface area contributed by atoms with Crippen molar-refractivity contribution in [2.75, 3.05) is 11.1 Å². The highest BCUT2D eigenvalue weighted by Gasteiger charge is 2.29. The monoisotopic (exact) mass is 333 g/mol. The third kappa shape index (κ3) is 3.12. The maximum atomic E-state index is 12.7. The summed E-state index contributed by atoms with van der Waals surface area (Å²) in [7, 11) is 0. The first-order chi connectivity index (χ1) is 12.2. The Bertz CT molecular complexity index is 820. The zero-order valence-electron chi connectivity index (χ0n) is 14.2. The smallest absolute Gasteiger partial charge is 0.258 e. The predicted octanol–water partition coefficient (Wildman–Crippen LogP) is 4.01. The van der Waals surface area contributed by atoms with E-state index in [1.165, 1.54) is 19.3 Å². The zero-order chi connectivity index (χ0) is 17.2. The molecule has 0 bridgehead atoms. The van der Waals surface area contributed by atoms with Gasteiger partial charge in [0.25, 0.3) is 5.91 Å². The molecule has 4 heteroatoms. The minimum absolute atomic E-state index is 0.0669. The van der Waals surface area contributed by atoms with Crippen LogP contribution in [0.15, 0.2) is 48.5 Å². The van der Waals surface area contributed by atoms with Gasteiger partial charge in [0.1, 0.15) is 0 Å². The Morgan fingerprint density at radius 1 is 1.04 bits per heavy atom. The highest BCUT2D eigenvalue weighted by atomic mass is 16.2. The van der Waals surface area contributed by atoms with Crippen LogP contribution in [0.4, 0.5) is 11.4 Å². The van der Waals surface area contributed by atoms with Gasteiger partial charge in [0.15, 0.2) is 0 Å². The quantitative estimate of drug-likeness (QED) is 0.587. The highest BCUT2D eigenvalue weighted by Crippen LogP contribution is 2.37. The molecule has 1 saturated carbocycles. The Balaban J connectivity index is 1.82. The lowest BCUT2D eigenvalue weighted by atomic mass is 9.93. The summed E-state index contributed by atoms with van der Waals surface area (Å²) in [6.45, 7) is 0. The normalized spacial score (nSPS) is 19.3. The van der Waals surface area contributed by atoms with Crippen LogP contribution in [0.2, 0.25) is 0 Å². The van der Waals surface area contributed by atoms with Crippen LogP contribution in [0.25, 0.3) is 11.3 Å². The first-order valence-electron chi connectivity index (χ1n) is 9.00. The fourth-order valence-electron chi connectivity index (χ4n) is 3.79. The maximum absolute atomic E-state index is 12.7. The van der Waals surface area contributed by atoms with Gasteiger partial charge in [-0.2, -0.15) is 0 Å². The Morgan fingerprint density at radius 2 is 1.80 bits per heavy atom. The van der Waals surface area contributed by atoms with E-state index in [1.54, 1.807) is 0 Å². The number of carbonyl (C=O) groups is 1. The topological polar surface area (TPSA) is 67.1 Å². The number of anilines is 2. The Kier molecular flexibility index (Phi) is 4.18. The molecule has 0 radical (unpaired) electrons. The molecule has 4 rings (SSSR count). The van der Waals surface area contributed by atoms with Gasteiger partial charge in [-0.1, -0.05) is 49.6 Å². The second-order valence-corrected chi connectivity index (χ2v) is 6.85. The van der Waals surface area contributed by atoms with Crippen molar-refractivity contribution >= 4 is 28.6 Å². The van der Waals surface area contributed by atoms with Crippen molar-refractivity contribution in [2.24, 2.45) is 0 Å². The van der Waals surface area contributed by atoms with Crippen LogP contribution in [-0.2, 0) is 4.79 Å². The summed E-state index contributed by atoms with van der Waals surface area (Å²) in [5, 5.41) is 6.65. The summed E-state index contributed by atoms with van der Waals surface area (Å²) in [5.41, 5.74) is 10.9. The van der Waals surface area contributed by atoms with Crippen LogP contribution in [-0.4, -0.2) is 11.9 Å². The summed E-state index contributed by atoms with van der Waals surface area (Å²) in [4.78, 5) is 12.7. The van der Waals surface area contributed by atoms with Crippen LogP contribution in [0.3, 0.4) is 0 Å². The van der Waals surface area contributed by atoms with Crippen LogP contribution in [0, 0.1) is 0 Å². The largest absolute Gasteiger partial charge is 0.399 e. The van der Waals surface area contributed by atoms with Crippen molar-refractivity contribution in [2.45, 2.75) is 38.1 Å². The standard InChI is InChI=1S/C21H23N3O/c22-15-11-12-17-18(13-15)24-21(25)19(17)20(14-7-3-1-4-8-14)23-16-9-5-2-6-10-16/h1,3-4,7-8,11-13,16,23H,2,5-6,9-10,22H2,(H,24,25)/b20-19-. The highest BCUT2D eigenvalue weighted by molar-refractivity contribution is 6.36. The summed E-state index contributed by atoms with van der Waals surface area (Å²) < 4.78 is 0. The number of hydrogen-bond acceptors (Lipinski definition) is 3. The van der Waals surface area contributed by atoms with Crippen molar-refractivity contribution in [1.29, 1.82) is 0 Å². The molecule has 0 atom stereocenters. The first kappa shape index (κ1) is 15.8. The van der Waals surface area contributed by atoms with E-state index in [2.05, 4.69) is 22.8 Å². The molecule has 0 unspecified atom stereocenters. The van der Waals surface area contributed by atoms with Crippen LogP contribution in [0.5, 0.6) is 0 Å². The molecule has 25 heavy (non-hydrogen) atoms. The minimum atomic E-state index is -0.0669. The number of carbonyl (C=O) groups excluding carboxylic acids is 1. The molecule has 0 aromatic heterocycles. The number of nitrogens with one attached hydrogen (secondary N) is 2. The Morgan fingerprint density at radius 3 is 2.56 bits per heavy atom. The number of benzene rings is 2. The van der Waals surface area contributed by atoms with E-state index in [9.17, 15) is 4.79 Å². The number of nitrogen functional groups attached to an aromatic ring is 1. The molecule has 2 aliphatic rings. The van der Waals surface area contributed by atoms with Gasteiger partial charge < -0.3 is 16.4 Å². The van der Waals surface area contributed by atoms with E-state index in [1.807, 2.05) is 36.4 Å². The number of amides is 1. The molecule has 1 heterocycles. The molecular formula is C21H23N3O. The molecule has 1 fully saturated rings. The molecule has 1 aliphatic heterocycles. The van der Waals surface area contributed by atoms with Gasteiger partial charge in [-0.15, -0.1) is 0 Å². The molecule has 0 saturated heterocycles. The fraction of sp³-hybridized carbons (Fsp3) is 0.286. The second kappa shape index (κ2) is 6.63. The summed E-state index contributed by atoms with van der Waals surface area (Å²) >= 11 is 0. The molecule has 2 aromatic rings. The molecule has 4 N–H and O–H groups in total. The fourth-order valence-corrected chi connectivity index (χ4v) is 3.79. The maximum Gasteiger partial charge on any atom is 0.258 e. The van der Waals surface area contributed by atoms with E-state index in [4.69, 9.17) is 5.73 Å². The molecule has 0 spiro atoms. The number of rotatable bonds is 3. The van der Waals surface area contributed by atoms with Crippen LogP contribution < -0.4 is 16.4 Å². The van der Waals surface area contributed by atoms with E-state index < -0.39 is 0 Å². The average molecular weight is 333 g/mol. The molecule has 1 amide bonds. The molecule has 1 aliphatic carbocycles. The third-order valence-corrected chi connectivity index (χ3v) is 5.05. The lowest BCUT2D eigenvalue weighted by Crippen LogP contribution is -2.31. The molecular weight excluding hydrogens is 310 g/mol. The Labute approximate surface area is 148 Å². The van der Waals surface area contributed by atoms with Gasteiger partial charge in [0.2, 0.25) is 0 Å². The van der Waals surface area contributed by atoms with Crippen molar-refractivity contribution < 1.29 is 4.79 Å².